The highest BCUT2D eigenvalue weighted by Gasteiger charge is 2.21. The molecule has 0 spiro atoms. The standard InChI is InChI=1S/C12H18N4O2/c1-15-5-3-9(4-6-15)16(2)11-8-13-10(7-14-11)12(17)18/h7-9H,3-6H2,1-2H3,(H,17,18). The fraction of sp³-hybridized carbons (Fsp3) is 0.583. The lowest BCUT2D eigenvalue weighted by Gasteiger charge is -2.35. The zero-order valence-electron chi connectivity index (χ0n) is 10.7. The third kappa shape index (κ3) is 2.76. The summed E-state index contributed by atoms with van der Waals surface area (Å²) < 4.78 is 0. The van der Waals surface area contributed by atoms with Gasteiger partial charge < -0.3 is 14.9 Å². The largest absolute Gasteiger partial charge is 0.476 e. The van der Waals surface area contributed by atoms with Crippen molar-refractivity contribution in [2.24, 2.45) is 0 Å². The van der Waals surface area contributed by atoms with E-state index in [-0.39, 0.29) is 5.69 Å². The minimum absolute atomic E-state index is 0.0180. The smallest absolute Gasteiger partial charge is 0.356 e. The molecule has 0 radical (unpaired) electrons. The third-order valence-electron chi connectivity index (χ3n) is 3.45. The molecule has 1 aliphatic rings. The summed E-state index contributed by atoms with van der Waals surface area (Å²) in [6.45, 7) is 2.16. The summed E-state index contributed by atoms with van der Waals surface area (Å²) in [6.07, 6.45) is 5.02. The van der Waals surface area contributed by atoms with Crippen LogP contribution in [0.2, 0.25) is 0 Å². The van der Waals surface area contributed by atoms with Crippen LogP contribution in [0.15, 0.2) is 12.4 Å². The second-order valence-corrected chi connectivity index (χ2v) is 4.71. The van der Waals surface area contributed by atoms with Gasteiger partial charge in [-0.1, -0.05) is 0 Å². The number of piperidine rings is 1. The van der Waals surface area contributed by atoms with Crippen LogP contribution < -0.4 is 4.90 Å². The van der Waals surface area contributed by atoms with Crippen LogP contribution in [0.5, 0.6) is 0 Å². The van der Waals surface area contributed by atoms with Crippen LogP contribution in [0.3, 0.4) is 0 Å². The molecule has 1 N–H and O–H groups in total. The fourth-order valence-electron chi connectivity index (χ4n) is 2.18. The number of rotatable bonds is 3. The van der Waals surface area contributed by atoms with Crippen molar-refractivity contribution in [3.63, 3.8) is 0 Å². The summed E-state index contributed by atoms with van der Waals surface area (Å²) in [4.78, 5) is 23.2. The molecule has 1 aliphatic heterocycles. The lowest BCUT2D eigenvalue weighted by Crippen LogP contribution is -2.42. The fourth-order valence-corrected chi connectivity index (χ4v) is 2.18. The van der Waals surface area contributed by atoms with Crippen LogP contribution >= 0.6 is 0 Å². The molecule has 98 valence electrons. The maximum Gasteiger partial charge on any atom is 0.356 e. The normalized spacial score (nSPS) is 17.7. The Kier molecular flexibility index (Phi) is 3.76. The Hall–Kier alpha value is -1.69. The van der Waals surface area contributed by atoms with Gasteiger partial charge in [-0.3, -0.25) is 0 Å². The molecule has 0 atom stereocenters. The molecule has 0 amide bonds. The Balaban J connectivity index is 2.04. The molecule has 0 aromatic carbocycles. The maximum atomic E-state index is 10.7. The van der Waals surface area contributed by atoms with Crippen molar-refractivity contribution in [1.82, 2.24) is 14.9 Å². The molecule has 6 nitrogen and oxygen atoms in total. The van der Waals surface area contributed by atoms with E-state index in [0.29, 0.717) is 6.04 Å². The van der Waals surface area contributed by atoms with Crippen LogP contribution in [0.4, 0.5) is 5.82 Å². The first-order valence-electron chi connectivity index (χ1n) is 6.04. The maximum absolute atomic E-state index is 10.7. The van der Waals surface area contributed by atoms with Gasteiger partial charge in [0.1, 0.15) is 5.82 Å². The summed E-state index contributed by atoms with van der Waals surface area (Å²) in [5.41, 5.74) is -0.0180. The van der Waals surface area contributed by atoms with Crippen molar-refractivity contribution in [3.8, 4) is 0 Å². The predicted octanol–water partition coefficient (Wildman–Crippen LogP) is 0.705. The molecule has 0 saturated carbocycles. The first kappa shape index (κ1) is 12.8. The average Bonchev–Trinajstić information content (AvgIpc) is 2.39. The predicted molar refractivity (Wildman–Crippen MR) is 67.9 cm³/mol. The van der Waals surface area contributed by atoms with Gasteiger partial charge in [-0.05, 0) is 33.0 Å². The number of carbonyl (C=O) groups is 1. The van der Waals surface area contributed by atoms with Crippen molar-refractivity contribution < 1.29 is 9.90 Å². The first-order valence-corrected chi connectivity index (χ1v) is 6.04. The monoisotopic (exact) mass is 250 g/mol. The number of hydrogen-bond acceptors (Lipinski definition) is 5. The number of hydrogen-bond donors (Lipinski definition) is 1. The number of aromatic carboxylic acids is 1. The van der Waals surface area contributed by atoms with Gasteiger partial charge in [0.2, 0.25) is 0 Å². The lowest BCUT2D eigenvalue weighted by atomic mass is 10.0. The Bertz CT molecular complexity index is 413. The van der Waals surface area contributed by atoms with E-state index in [1.54, 1.807) is 0 Å². The highest BCUT2D eigenvalue weighted by Crippen LogP contribution is 2.19. The Labute approximate surface area is 106 Å². The highest BCUT2D eigenvalue weighted by molar-refractivity contribution is 5.84. The van der Waals surface area contributed by atoms with Crippen LogP contribution in [0.1, 0.15) is 23.3 Å². The van der Waals surface area contributed by atoms with Crippen molar-refractivity contribution in [1.29, 1.82) is 0 Å². The number of anilines is 1. The Morgan fingerprint density at radius 2 is 2.06 bits per heavy atom. The molecule has 0 unspecified atom stereocenters. The summed E-state index contributed by atoms with van der Waals surface area (Å²) >= 11 is 0. The second kappa shape index (κ2) is 5.30. The van der Waals surface area contributed by atoms with Crippen LogP contribution in [-0.4, -0.2) is 59.2 Å². The molecule has 18 heavy (non-hydrogen) atoms. The summed E-state index contributed by atoms with van der Waals surface area (Å²) in [7, 11) is 4.11. The van der Waals surface area contributed by atoms with E-state index in [0.717, 1.165) is 31.7 Å². The Morgan fingerprint density at radius 3 is 2.56 bits per heavy atom. The summed E-state index contributed by atoms with van der Waals surface area (Å²) in [5.74, 6) is -0.314. The topological polar surface area (TPSA) is 69.6 Å². The van der Waals surface area contributed by atoms with Crippen molar-refractivity contribution in [2.45, 2.75) is 18.9 Å². The molecule has 1 aromatic heterocycles. The molecular formula is C12H18N4O2. The molecule has 1 saturated heterocycles. The van der Waals surface area contributed by atoms with Gasteiger partial charge in [0.15, 0.2) is 5.69 Å². The molecule has 2 rings (SSSR count). The van der Waals surface area contributed by atoms with E-state index in [1.165, 1.54) is 12.4 Å². The van der Waals surface area contributed by atoms with Crippen molar-refractivity contribution >= 4 is 11.8 Å². The zero-order chi connectivity index (χ0) is 13.1. The van der Waals surface area contributed by atoms with Gasteiger partial charge >= 0.3 is 5.97 Å². The van der Waals surface area contributed by atoms with Gasteiger partial charge in [0.05, 0.1) is 12.4 Å². The highest BCUT2D eigenvalue weighted by atomic mass is 16.4. The van der Waals surface area contributed by atoms with E-state index in [1.807, 2.05) is 7.05 Å². The molecule has 6 heteroatoms. The van der Waals surface area contributed by atoms with Crippen LogP contribution in [0.25, 0.3) is 0 Å². The number of aromatic nitrogens is 2. The quantitative estimate of drug-likeness (QED) is 0.852. The summed E-state index contributed by atoms with van der Waals surface area (Å²) in [6, 6.07) is 0.450. The second-order valence-electron chi connectivity index (χ2n) is 4.71. The first-order chi connectivity index (χ1) is 8.58. The van der Waals surface area contributed by atoms with E-state index in [2.05, 4.69) is 26.8 Å². The molecular weight excluding hydrogens is 232 g/mol. The average molecular weight is 250 g/mol. The van der Waals surface area contributed by atoms with E-state index < -0.39 is 5.97 Å². The van der Waals surface area contributed by atoms with Gasteiger partial charge in [-0.2, -0.15) is 0 Å². The van der Waals surface area contributed by atoms with E-state index in [9.17, 15) is 4.79 Å². The Morgan fingerprint density at radius 1 is 1.39 bits per heavy atom. The van der Waals surface area contributed by atoms with Crippen LogP contribution in [-0.2, 0) is 0 Å². The molecule has 0 aliphatic carbocycles. The van der Waals surface area contributed by atoms with Gasteiger partial charge in [-0.25, -0.2) is 14.8 Å². The number of nitrogens with zero attached hydrogens (tertiary/aromatic N) is 4. The van der Waals surface area contributed by atoms with Crippen LogP contribution in [0, 0.1) is 0 Å². The molecule has 1 fully saturated rings. The minimum Gasteiger partial charge on any atom is -0.476 e. The SMILES string of the molecule is CN1CCC(N(C)c2cnc(C(=O)O)cn2)CC1. The third-order valence-corrected chi connectivity index (χ3v) is 3.45. The number of carboxylic acid groups (broad SMARTS) is 1. The number of likely N-dealkylation sites (tertiary alicyclic amines) is 1. The molecule has 0 bridgehead atoms. The van der Waals surface area contributed by atoms with Crippen molar-refractivity contribution in [2.75, 3.05) is 32.1 Å². The van der Waals surface area contributed by atoms with E-state index in [4.69, 9.17) is 5.11 Å². The molecule has 2 heterocycles. The van der Waals surface area contributed by atoms with Gasteiger partial charge in [-0.15, -0.1) is 0 Å². The van der Waals surface area contributed by atoms with Crippen molar-refractivity contribution in [3.05, 3.63) is 18.1 Å². The minimum atomic E-state index is -1.05. The number of carboxylic acids is 1. The van der Waals surface area contributed by atoms with E-state index >= 15 is 0 Å². The van der Waals surface area contributed by atoms with Gasteiger partial charge in [0, 0.05) is 13.1 Å². The zero-order valence-corrected chi connectivity index (χ0v) is 10.7. The summed E-state index contributed by atoms with van der Waals surface area (Å²) in [5, 5.41) is 8.77. The lowest BCUT2D eigenvalue weighted by molar-refractivity contribution is 0.0690. The van der Waals surface area contributed by atoms with Gasteiger partial charge in [0.25, 0.3) is 0 Å². The molecule has 1 aromatic rings.